The number of nitrogens with zero attached hydrogens (tertiary/aromatic N) is 2. The predicted molar refractivity (Wildman–Crippen MR) is 111 cm³/mol. The molecule has 3 rings (SSSR count). The zero-order valence-electron chi connectivity index (χ0n) is 16.7. The number of hydrogen-bond acceptors (Lipinski definition) is 5. The smallest absolute Gasteiger partial charge is 0.271 e. The number of carbonyl (C=O) groups excluding carboxylic acids is 1. The van der Waals surface area contributed by atoms with Crippen LogP contribution in [0, 0.1) is 12.3 Å². The summed E-state index contributed by atoms with van der Waals surface area (Å²) in [6.45, 7) is 5.13. The molecule has 2 heterocycles. The summed E-state index contributed by atoms with van der Waals surface area (Å²) >= 11 is 0. The lowest BCUT2D eigenvalue weighted by atomic mass is 9.79. The van der Waals surface area contributed by atoms with Crippen LogP contribution in [-0.2, 0) is 4.74 Å². The van der Waals surface area contributed by atoms with Gasteiger partial charge in [-0.25, -0.2) is 4.68 Å². The molecular weight excluding hydrogens is 380 g/mol. The zero-order valence-corrected chi connectivity index (χ0v) is 17.5. The van der Waals surface area contributed by atoms with Crippen molar-refractivity contribution in [3.8, 4) is 11.4 Å². The van der Waals surface area contributed by atoms with Gasteiger partial charge in [-0.3, -0.25) is 4.79 Å². The lowest BCUT2D eigenvalue weighted by Crippen LogP contribution is -2.47. The van der Waals surface area contributed by atoms with Crippen LogP contribution in [0.2, 0.25) is 0 Å². The number of hydrogen-bond donors (Lipinski definition) is 2. The summed E-state index contributed by atoms with van der Waals surface area (Å²) in [4.78, 5) is 12.6. The Morgan fingerprint density at radius 3 is 2.71 bits per heavy atom. The van der Waals surface area contributed by atoms with E-state index in [-0.39, 0.29) is 23.7 Å². The fourth-order valence-electron chi connectivity index (χ4n) is 3.55. The van der Waals surface area contributed by atoms with Gasteiger partial charge in [-0.15, -0.1) is 12.4 Å². The van der Waals surface area contributed by atoms with Crippen molar-refractivity contribution in [3.63, 3.8) is 0 Å². The standard InChI is InChI=1S/C20H28N4O3.ClH/c1-15-4-5-18(27-3)17(12-15)24-11-6-16(23-24)19(25)22-13-20(14-26-2)7-9-21-10-8-20;/h4-6,11-12,21H,7-10,13-14H2,1-3H3,(H,22,25);1H. The second kappa shape index (κ2) is 9.91. The molecule has 0 radical (unpaired) electrons. The van der Waals surface area contributed by atoms with E-state index in [4.69, 9.17) is 9.47 Å². The van der Waals surface area contributed by atoms with Crippen LogP contribution in [0.15, 0.2) is 30.5 Å². The van der Waals surface area contributed by atoms with Gasteiger partial charge in [0.05, 0.1) is 13.7 Å². The van der Waals surface area contributed by atoms with Crippen molar-refractivity contribution in [1.29, 1.82) is 0 Å². The maximum Gasteiger partial charge on any atom is 0.271 e. The van der Waals surface area contributed by atoms with Crippen LogP contribution in [0.1, 0.15) is 28.9 Å². The lowest BCUT2D eigenvalue weighted by molar-refractivity contribution is 0.0510. The highest BCUT2D eigenvalue weighted by Crippen LogP contribution is 2.28. The molecule has 7 nitrogen and oxygen atoms in total. The number of aryl methyl sites for hydroxylation is 1. The predicted octanol–water partition coefficient (Wildman–Crippen LogP) is 2.36. The van der Waals surface area contributed by atoms with Gasteiger partial charge in [0.15, 0.2) is 5.69 Å². The highest BCUT2D eigenvalue weighted by Gasteiger charge is 2.32. The molecule has 154 valence electrons. The van der Waals surface area contributed by atoms with Gasteiger partial charge in [-0.1, -0.05) is 6.07 Å². The number of piperidine rings is 1. The number of rotatable bonds is 7. The van der Waals surface area contributed by atoms with E-state index in [0.29, 0.717) is 24.6 Å². The molecular formula is C20H29ClN4O3. The van der Waals surface area contributed by atoms with Crippen molar-refractivity contribution in [3.05, 3.63) is 41.7 Å². The summed E-state index contributed by atoms with van der Waals surface area (Å²) in [6, 6.07) is 7.59. The third kappa shape index (κ3) is 5.04. The van der Waals surface area contributed by atoms with Crippen molar-refractivity contribution in [1.82, 2.24) is 20.4 Å². The van der Waals surface area contributed by atoms with Crippen LogP contribution < -0.4 is 15.4 Å². The number of aromatic nitrogens is 2. The number of halogens is 1. The van der Waals surface area contributed by atoms with Gasteiger partial charge in [-0.2, -0.15) is 5.10 Å². The van der Waals surface area contributed by atoms with Crippen LogP contribution in [0.5, 0.6) is 5.75 Å². The van der Waals surface area contributed by atoms with E-state index in [1.54, 1.807) is 31.2 Å². The first-order valence-electron chi connectivity index (χ1n) is 9.25. The second-order valence-corrected chi connectivity index (χ2v) is 7.19. The van der Waals surface area contributed by atoms with E-state index in [2.05, 4.69) is 15.7 Å². The Balaban J connectivity index is 0.00000280. The molecule has 0 bridgehead atoms. The zero-order chi connectivity index (χ0) is 19.3. The lowest BCUT2D eigenvalue weighted by Gasteiger charge is -2.37. The number of ether oxygens (including phenoxy) is 2. The minimum Gasteiger partial charge on any atom is -0.494 e. The van der Waals surface area contributed by atoms with Crippen molar-refractivity contribution in [2.24, 2.45) is 5.41 Å². The Morgan fingerprint density at radius 1 is 1.29 bits per heavy atom. The number of amides is 1. The largest absolute Gasteiger partial charge is 0.494 e. The van der Waals surface area contributed by atoms with Crippen LogP contribution in [-0.4, -0.2) is 56.1 Å². The minimum absolute atomic E-state index is 0. The highest BCUT2D eigenvalue weighted by atomic mass is 35.5. The third-order valence-corrected chi connectivity index (χ3v) is 5.14. The topological polar surface area (TPSA) is 77.4 Å². The Kier molecular flexibility index (Phi) is 7.86. The van der Waals surface area contributed by atoms with Crippen molar-refractivity contribution >= 4 is 18.3 Å². The number of carbonyl (C=O) groups is 1. The molecule has 0 unspecified atom stereocenters. The second-order valence-electron chi connectivity index (χ2n) is 7.19. The Labute approximate surface area is 172 Å². The number of methoxy groups -OCH3 is 2. The SMILES string of the molecule is COCC1(CNC(=O)c2ccn(-c3cc(C)ccc3OC)n2)CCNCC1.Cl. The van der Waals surface area contributed by atoms with Gasteiger partial charge in [0, 0.05) is 25.3 Å². The highest BCUT2D eigenvalue weighted by molar-refractivity contribution is 5.92. The van der Waals surface area contributed by atoms with E-state index in [0.717, 1.165) is 37.2 Å². The average molecular weight is 409 g/mol. The fourth-order valence-corrected chi connectivity index (χ4v) is 3.55. The average Bonchev–Trinajstić information content (AvgIpc) is 3.17. The molecule has 0 atom stereocenters. The maximum atomic E-state index is 12.6. The minimum atomic E-state index is -0.172. The first kappa shape index (κ1) is 22.2. The molecule has 1 saturated heterocycles. The van der Waals surface area contributed by atoms with Gasteiger partial charge in [0.25, 0.3) is 5.91 Å². The summed E-state index contributed by atoms with van der Waals surface area (Å²) < 4.78 is 12.5. The van der Waals surface area contributed by atoms with Crippen LogP contribution in [0.3, 0.4) is 0 Å². The molecule has 28 heavy (non-hydrogen) atoms. The van der Waals surface area contributed by atoms with Crippen molar-refractivity contribution in [2.45, 2.75) is 19.8 Å². The monoisotopic (exact) mass is 408 g/mol. The summed E-state index contributed by atoms with van der Waals surface area (Å²) in [5, 5.41) is 10.8. The van der Waals surface area contributed by atoms with E-state index in [9.17, 15) is 4.79 Å². The fraction of sp³-hybridized carbons (Fsp3) is 0.500. The quantitative estimate of drug-likeness (QED) is 0.735. The van der Waals surface area contributed by atoms with E-state index in [1.165, 1.54) is 0 Å². The molecule has 0 saturated carbocycles. The summed E-state index contributed by atoms with van der Waals surface area (Å²) in [6.07, 6.45) is 3.74. The molecule has 1 amide bonds. The van der Waals surface area contributed by atoms with Gasteiger partial charge in [0.1, 0.15) is 11.4 Å². The summed E-state index contributed by atoms with van der Waals surface area (Å²) in [5.41, 5.74) is 2.28. The third-order valence-electron chi connectivity index (χ3n) is 5.14. The van der Waals surface area contributed by atoms with Gasteiger partial charge < -0.3 is 20.1 Å². The van der Waals surface area contributed by atoms with Crippen LogP contribution in [0.25, 0.3) is 5.69 Å². The normalized spacial score (nSPS) is 15.5. The first-order chi connectivity index (χ1) is 13.1. The molecule has 1 aliphatic heterocycles. The Hall–Kier alpha value is -2.09. The number of nitrogens with one attached hydrogen (secondary N) is 2. The molecule has 1 aromatic carbocycles. The molecule has 1 aliphatic rings. The molecule has 0 spiro atoms. The van der Waals surface area contributed by atoms with Crippen molar-refractivity contribution < 1.29 is 14.3 Å². The van der Waals surface area contributed by atoms with Crippen molar-refractivity contribution in [2.75, 3.05) is 40.5 Å². The van der Waals surface area contributed by atoms with E-state index in [1.807, 2.05) is 25.1 Å². The van der Waals surface area contributed by atoms with E-state index >= 15 is 0 Å². The molecule has 1 fully saturated rings. The molecule has 8 heteroatoms. The number of benzene rings is 1. The van der Waals surface area contributed by atoms with Gasteiger partial charge >= 0.3 is 0 Å². The molecule has 1 aromatic heterocycles. The van der Waals surface area contributed by atoms with E-state index < -0.39 is 0 Å². The van der Waals surface area contributed by atoms with Gasteiger partial charge in [-0.05, 0) is 56.6 Å². The molecule has 2 N–H and O–H groups in total. The summed E-state index contributed by atoms with van der Waals surface area (Å²) in [7, 11) is 3.34. The first-order valence-corrected chi connectivity index (χ1v) is 9.25. The molecule has 0 aliphatic carbocycles. The van der Waals surface area contributed by atoms with Crippen LogP contribution >= 0.6 is 12.4 Å². The van der Waals surface area contributed by atoms with Crippen LogP contribution in [0.4, 0.5) is 0 Å². The van der Waals surface area contributed by atoms with Gasteiger partial charge in [0.2, 0.25) is 0 Å². The Morgan fingerprint density at radius 2 is 2.04 bits per heavy atom. The maximum absolute atomic E-state index is 12.6. The molecule has 2 aromatic rings. The Bertz CT molecular complexity index is 782. The summed E-state index contributed by atoms with van der Waals surface area (Å²) in [5.74, 6) is 0.541.